The van der Waals surface area contributed by atoms with Crippen molar-refractivity contribution in [2.75, 3.05) is 13.7 Å². The summed E-state index contributed by atoms with van der Waals surface area (Å²) < 4.78 is 6.84. The molecule has 0 radical (unpaired) electrons. The smallest absolute Gasteiger partial charge is 0.237 e. The van der Waals surface area contributed by atoms with Crippen molar-refractivity contribution in [3.05, 3.63) is 11.8 Å². The molecule has 1 aliphatic heterocycles. The van der Waals surface area contributed by atoms with Gasteiger partial charge in [-0.2, -0.15) is 5.10 Å². The number of amides is 1. The van der Waals surface area contributed by atoms with Gasteiger partial charge in [-0.05, 0) is 19.3 Å². The third-order valence-electron chi connectivity index (χ3n) is 3.16. The van der Waals surface area contributed by atoms with E-state index >= 15 is 0 Å². The molecule has 1 atom stereocenters. The van der Waals surface area contributed by atoms with Crippen molar-refractivity contribution in [1.29, 1.82) is 0 Å². The molecule has 2 N–H and O–H groups in total. The molecule has 1 amide bonds. The molecule has 1 saturated heterocycles. The number of nitrogens with zero attached hydrogens (tertiary/aromatic N) is 2. The van der Waals surface area contributed by atoms with Gasteiger partial charge in [0.1, 0.15) is 0 Å². The third-order valence-corrected chi connectivity index (χ3v) is 3.16. The minimum atomic E-state index is -0.111. The number of carbonyl (C=O) groups excluding carboxylic acids is 1. The maximum Gasteiger partial charge on any atom is 0.237 e. The second-order valence-electron chi connectivity index (χ2n) is 4.52. The molecule has 18 heavy (non-hydrogen) atoms. The Morgan fingerprint density at radius 2 is 2.44 bits per heavy atom. The summed E-state index contributed by atoms with van der Waals surface area (Å²) in [5.41, 5.74) is 0.881. The summed E-state index contributed by atoms with van der Waals surface area (Å²) in [7, 11) is 3.45. The van der Waals surface area contributed by atoms with Gasteiger partial charge in [0.15, 0.2) is 0 Å². The molecule has 1 aromatic heterocycles. The molecular formula is C12H20N4O2. The summed E-state index contributed by atoms with van der Waals surface area (Å²) in [6.45, 7) is 1.36. The lowest BCUT2D eigenvalue weighted by Crippen LogP contribution is -2.42. The van der Waals surface area contributed by atoms with E-state index in [1.54, 1.807) is 11.8 Å². The fourth-order valence-electron chi connectivity index (χ4n) is 2.15. The Morgan fingerprint density at radius 3 is 3.17 bits per heavy atom. The van der Waals surface area contributed by atoms with Crippen LogP contribution in [0.2, 0.25) is 0 Å². The predicted octanol–water partition coefficient (Wildman–Crippen LogP) is 0.187. The van der Waals surface area contributed by atoms with Gasteiger partial charge >= 0.3 is 0 Å². The van der Waals surface area contributed by atoms with Gasteiger partial charge < -0.3 is 15.4 Å². The van der Waals surface area contributed by atoms with Crippen LogP contribution < -0.4 is 15.4 Å². The van der Waals surface area contributed by atoms with Gasteiger partial charge in [-0.1, -0.05) is 0 Å². The Morgan fingerprint density at radius 1 is 1.61 bits per heavy atom. The Kier molecular flexibility index (Phi) is 4.19. The van der Waals surface area contributed by atoms with Crippen LogP contribution in [0.15, 0.2) is 6.07 Å². The van der Waals surface area contributed by atoms with Crippen molar-refractivity contribution in [3.63, 3.8) is 0 Å². The number of hydrogen-bond acceptors (Lipinski definition) is 4. The fourth-order valence-corrected chi connectivity index (χ4v) is 2.15. The first kappa shape index (κ1) is 12.9. The van der Waals surface area contributed by atoms with Crippen LogP contribution in [0.25, 0.3) is 0 Å². The monoisotopic (exact) mass is 252 g/mol. The summed E-state index contributed by atoms with van der Waals surface area (Å²) in [4.78, 5) is 11.7. The zero-order valence-corrected chi connectivity index (χ0v) is 10.9. The van der Waals surface area contributed by atoms with Gasteiger partial charge in [-0.25, -0.2) is 4.68 Å². The first-order valence-electron chi connectivity index (χ1n) is 6.28. The quantitative estimate of drug-likeness (QED) is 0.802. The van der Waals surface area contributed by atoms with E-state index in [0.29, 0.717) is 6.54 Å². The molecule has 1 aliphatic rings. The number of rotatable bonds is 4. The van der Waals surface area contributed by atoms with Crippen LogP contribution in [-0.2, 0) is 18.4 Å². The third kappa shape index (κ3) is 3.01. The number of aryl methyl sites for hydroxylation is 1. The highest BCUT2D eigenvalue weighted by atomic mass is 16.5. The van der Waals surface area contributed by atoms with E-state index in [2.05, 4.69) is 15.7 Å². The van der Waals surface area contributed by atoms with Gasteiger partial charge in [-0.15, -0.1) is 0 Å². The van der Waals surface area contributed by atoms with E-state index < -0.39 is 0 Å². The Hall–Kier alpha value is -1.56. The first-order chi connectivity index (χ1) is 8.70. The average molecular weight is 252 g/mol. The minimum absolute atomic E-state index is 0.0930. The van der Waals surface area contributed by atoms with Crippen LogP contribution in [-0.4, -0.2) is 35.4 Å². The molecule has 2 rings (SSSR count). The van der Waals surface area contributed by atoms with Crippen molar-refractivity contribution in [2.45, 2.75) is 31.8 Å². The lowest BCUT2D eigenvalue weighted by molar-refractivity contribution is -0.122. The van der Waals surface area contributed by atoms with Crippen molar-refractivity contribution in [1.82, 2.24) is 20.4 Å². The summed E-state index contributed by atoms with van der Waals surface area (Å²) in [5.74, 6) is 0.813. The van der Waals surface area contributed by atoms with Gasteiger partial charge in [0, 0.05) is 26.2 Å². The second-order valence-corrected chi connectivity index (χ2v) is 4.52. The molecule has 1 unspecified atom stereocenters. The van der Waals surface area contributed by atoms with Crippen molar-refractivity contribution < 1.29 is 9.53 Å². The van der Waals surface area contributed by atoms with Crippen LogP contribution in [0.5, 0.6) is 5.88 Å². The summed E-state index contributed by atoms with van der Waals surface area (Å²) >= 11 is 0. The molecule has 1 aromatic rings. The van der Waals surface area contributed by atoms with Gasteiger partial charge in [-0.3, -0.25) is 4.79 Å². The molecule has 0 bridgehead atoms. The minimum Gasteiger partial charge on any atom is -0.481 e. The first-order valence-corrected chi connectivity index (χ1v) is 6.28. The number of methoxy groups -OCH3 is 1. The number of carbonyl (C=O) groups is 1. The standard InChI is InChI=1S/C12H20N4O2/c1-16-11(18-2)7-9(15-16)8-14-10-5-3-4-6-13-12(10)17/h7,10,14H,3-6,8H2,1-2H3,(H,13,17). The topological polar surface area (TPSA) is 68.2 Å². The van der Waals surface area contributed by atoms with Crippen LogP contribution in [0, 0.1) is 0 Å². The number of nitrogens with one attached hydrogen (secondary N) is 2. The molecule has 0 saturated carbocycles. The van der Waals surface area contributed by atoms with E-state index in [4.69, 9.17) is 4.74 Å². The molecule has 2 heterocycles. The average Bonchev–Trinajstić information content (AvgIpc) is 2.59. The highest BCUT2D eigenvalue weighted by Gasteiger charge is 2.20. The zero-order chi connectivity index (χ0) is 13.0. The van der Waals surface area contributed by atoms with Crippen LogP contribution in [0.4, 0.5) is 0 Å². The predicted molar refractivity (Wildman–Crippen MR) is 67.2 cm³/mol. The lowest BCUT2D eigenvalue weighted by Gasteiger charge is -2.13. The number of hydrogen-bond donors (Lipinski definition) is 2. The summed E-state index contributed by atoms with van der Waals surface area (Å²) in [5, 5.41) is 10.5. The van der Waals surface area contributed by atoms with E-state index in [9.17, 15) is 4.79 Å². The Balaban J connectivity index is 1.91. The largest absolute Gasteiger partial charge is 0.481 e. The molecule has 100 valence electrons. The normalized spacial score (nSPS) is 20.3. The van der Waals surface area contributed by atoms with Crippen LogP contribution in [0.3, 0.4) is 0 Å². The van der Waals surface area contributed by atoms with Crippen LogP contribution >= 0.6 is 0 Å². The molecule has 0 aliphatic carbocycles. The van der Waals surface area contributed by atoms with Crippen molar-refractivity contribution >= 4 is 5.91 Å². The van der Waals surface area contributed by atoms with E-state index in [1.807, 2.05) is 13.1 Å². The highest BCUT2D eigenvalue weighted by Crippen LogP contribution is 2.12. The molecule has 1 fully saturated rings. The summed E-state index contributed by atoms with van der Waals surface area (Å²) in [6, 6.07) is 1.77. The van der Waals surface area contributed by atoms with E-state index in [-0.39, 0.29) is 11.9 Å². The fraction of sp³-hybridized carbons (Fsp3) is 0.667. The zero-order valence-electron chi connectivity index (χ0n) is 10.9. The molecule has 6 nitrogen and oxygen atoms in total. The molecule has 0 aromatic carbocycles. The SMILES string of the molecule is COc1cc(CNC2CCCCNC2=O)nn1C. The van der Waals surface area contributed by atoms with Crippen molar-refractivity contribution in [3.8, 4) is 5.88 Å². The number of ether oxygens (including phenoxy) is 1. The van der Waals surface area contributed by atoms with Crippen molar-refractivity contribution in [2.24, 2.45) is 7.05 Å². The Labute approximate surface area is 107 Å². The Bertz CT molecular complexity index is 416. The lowest BCUT2D eigenvalue weighted by atomic mass is 10.1. The van der Waals surface area contributed by atoms with Gasteiger partial charge in [0.05, 0.1) is 18.8 Å². The maximum absolute atomic E-state index is 11.7. The second kappa shape index (κ2) is 5.86. The molecule has 6 heteroatoms. The maximum atomic E-state index is 11.7. The number of aromatic nitrogens is 2. The van der Waals surface area contributed by atoms with Gasteiger partial charge in [0.25, 0.3) is 0 Å². The molecular weight excluding hydrogens is 232 g/mol. The van der Waals surface area contributed by atoms with E-state index in [0.717, 1.165) is 37.4 Å². The molecule has 0 spiro atoms. The highest BCUT2D eigenvalue weighted by molar-refractivity contribution is 5.81. The van der Waals surface area contributed by atoms with Gasteiger partial charge in [0.2, 0.25) is 11.8 Å². The summed E-state index contributed by atoms with van der Waals surface area (Å²) in [6.07, 6.45) is 3.01. The van der Waals surface area contributed by atoms with E-state index in [1.165, 1.54) is 0 Å². The van der Waals surface area contributed by atoms with Crippen LogP contribution in [0.1, 0.15) is 25.0 Å².